The molecule has 0 aromatic heterocycles. The van der Waals surface area contributed by atoms with E-state index in [1.165, 1.54) is 23.3 Å². The first-order chi connectivity index (χ1) is 7.66. The molecule has 2 N–H and O–H groups in total. The molecule has 0 bridgehead atoms. The Morgan fingerprint density at radius 2 is 2.12 bits per heavy atom. The van der Waals surface area contributed by atoms with Crippen LogP contribution in [0.15, 0.2) is 29.2 Å². The van der Waals surface area contributed by atoms with E-state index in [2.05, 4.69) is 38.1 Å². The first kappa shape index (κ1) is 12.0. The SMILES string of the molecule is CC(C)C(N)CCC1Cc2ccccc2S1. The maximum absolute atomic E-state index is 6.09. The lowest BCUT2D eigenvalue weighted by atomic mass is 9.98. The van der Waals surface area contributed by atoms with Gasteiger partial charge in [-0.3, -0.25) is 0 Å². The highest BCUT2D eigenvalue weighted by molar-refractivity contribution is 8.00. The molecular formula is C14H21NS. The summed E-state index contributed by atoms with van der Waals surface area (Å²) in [6.45, 7) is 4.42. The Balaban J connectivity index is 1.83. The summed E-state index contributed by atoms with van der Waals surface area (Å²) in [7, 11) is 0. The lowest BCUT2D eigenvalue weighted by molar-refractivity contribution is 0.449. The van der Waals surface area contributed by atoms with Crippen LogP contribution in [0.2, 0.25) is 0 Å². The summed E-state index contributed by atoms with van der Waals surface area (Å²) in [6, 6.07) is 9.13. The van der Waals surface area contributed by atoms with Gasteiger partial charge in [-0.1, -0.05) is 32.0 Å². The van der Waals surface area contributed by atoms with E-state index in [0.717, 1.165) is 11.7 Å². The maximum atomic E-state index is 6.09. The molecular weight excluding hydrogens is 214 g/mol. The Morgan fingerprint density at radius 3 is 2.81 bits per heavy atom. The molecule has 1 nitrogen and oxygen atoms in total. The molecule has 0 saturated carbocycles. The molecule has 16 heavy (non-hydrogen) atoms. The summed E-state index contributed by atoms with van der Waals surface area (Å²) < 4.78 is 0. The van der Waals surface area contributed by atoms with Gasteiger partial charge < -0.3 is 5.73 Å². The normalized spacial score (nSPS) is 21.1. The molecule has 0 aliphatic carbocycles. The monoisotopic (exact) mass is 235 g/mol. The average molecular weight is 235 g/mol. The minimum atomic E-state index is 0.365. The second-order valence-corrected chi connectivity index (χ2v) is 6.38. The summed E-state index contributed by atoms with van der Waals surface area (Å²) in [5, 5.41) is 0.752. The van der Waals surface area contributed by atoms with Gasteiger partial charge in [-0.2, -0.15) is 0 Å². The van der Waals surface area contributed by atoms with Crippen LogP contribution in [0.1, 0.15) is 32.3 Å². The number of thioether (sulfide) groups is 1. The van der Waals surface area contributed by atoms with Gasteiger partial charge in [0.2, 0.25) is 0 Å². The van der Waals surface area contributed by atoms with Gasteiger partial charge in [0.25, 0.3) is 0 Å². The third kappa shape index (κ3) is 2.80. The van der Waals surface area contributed by atoms with Crippen LogP contribution in [0.5, 0.6) is 0 Å². The zero-order valence-corrected chi connectivity index (χ0v) is 11.0. The van der Waals surface area contributed by atoms with Crippen molar-refractivity contribution >= 4 is 11.8 Å². The van der Waals surface area contributed by atoms with Crippen LogP contribution >= 0.6 is 11.8 Å². The lowest BCUT2D eigenvalue weighted by Crippen LogP contribution is -2.27. The molecule has 0 amide bonds. The van der Waals surface area contributed by atoms with Crippen LogP contribution in [0.4, 0.5) is 0 Å². The summed E-state index contributed by atoms with van der Waals surface area (Å²) in [5.74, 6) is 0.605. The van der Waals surface area contributed by atoms with Gasteiger partial charge in [0.15, 0.2) is 0 Å². The van der Waals surface area contributed by atoms with E-state index in [9.17, 15) is 0 Å². The first-order valence-electron chi connectivity index (χ1n) is 6.17. The van der Waals surface area contributed by atoms with Crippen molar-refractivity contribution in [2.24, 2.45) is 11.7 Å². The van der Waals surface area contributed by atoms with E-state index in [1.807, 2.05) is 11.8 Å². The molecule has 2 atom stereocenters. The molecule has 1 aliphatic rings. The Hall–Kier alpha value is -0.470. The van der Waals surface area contributed by atoms with E-state index in [4.69, 9.17) is 5.73 Å². The standard InChI is InChI=1S/C14H21NS/c1-10(2)13(15)8-7-12-9-11-5-3-4-6-14(11)16-12/h3-6,10,12-13H,7-9,15H2,1-2H3. The Bertz CT molecular complexity index is 323. The van der Waals surface area contributed by atoms with Gasteiger partial charge in [-0.15, -0.1) is 11.8 Å². The van der Waals surface area contributed by atoms with Gasteiger partial charge in [0.05, 0.1) is 0 Å². The highest BCUT2D eigenvalue weighted by Crippen LogP contribution is 2.38. The van der Waals surface area contributed by atoms with Gasteiger partial charge >= 0.3 is 0 Å². The van der Waals surface area contributed by atoms with Crippen molar-refractivity contribution < 1.29 is 0 Å². The van der Waals surface area contributed by atoms with Crippen molar-refractivity contribution in [3.05, 3.63) is 29.8 Å². The van der Waals surface area contributed by atoms with Crippen LogP contribution in [-0.2, 0) is 6.42 Å². The molecule has 2 heteroatoms. The molecule has 2 rings (SSSR count). The van der Waals surface area contributed by atoms with Crippen LogP contribution in [-0.4, -0.2) is 11.3 Å². The van der Waals surface area contributed by atoms with Gasteiger partial charge in [-0.05, 0) is 36.8 Å². The zero-order valence-electron chi connectivity index (χ0n) is 10.1. The Morgan fingerprint density at radius 1 is 1.38 bits per heavy atom. The molecule has 2 unspecified atom stereocenters. The number of hydrogen-bond donors (Lipinski definition) is 1. The minimum Gasteiger partial charge on any atom is -0.327 e. The fourth-order valence-electron chi connectivity index (χ4n) is 2.13. The van der Waals surface area contributed by atoms with Crippen molar-refractivity contribution in [3.63, 3.8) is 0 Å². The molecule has 0 radical (unpaired) electrons. The fraction of sp³-hybridized carbons (Fsp3) is 0.571. The van der Waals surface area contributed by atoms with Crippen molar-refractivity contribution in [1.82, 2.24) is 0 Å². The summed E-state index contributed by atoms with van der Waals surface area (Å²) in [4.78, 5) is 1.48. The molecule has 0 saturated heterocycles. The fourth-order valence-corrected chi connectivity index (χ4v) is 3.46. The topological polar surface area (TPSA) is 26.0 Å². The smallest absolute Gasteiger partial charge is 0.0136 e. The second kappa shape index (κ2) is 5.24. The van der Waals surface area contributed by atoms with Gasteiger partial charge in [-0.25, -0.2) is 0 Å². The highest BCUT2D eigenvalue weighted by Gasteiger charge is 2.22. The number of rotatable bonds is 4. The largest absolute Gasteiger partial charge is 0.327 e. The summed E-state index contributed by atoms with van der Waals surface area (Å²) in [5.41, 5.74) is 7.61. The zero-order chi connectivity index (χ0) is 11.5. The third-order valence-electron chi connectivity index (χ3n) is 3.39. The van der Waals surface area contributed by atoms with Crippen LogP contribution in [0.3, 0.4) is 0 Å². The summed E-state index contributed by atoms with van der Waals surface area (Å²) >= 11 is 2.03. The van der Waals surface area contributed by atoms with Crippen molar-refractivity contribution in [2.45, 2.75) is 49.3 Å². The van der Waals surface area contributed by atoms with E-state index in [1.54, 1.807) is 0 Å². The predicted octanol–water partition coefficient (Wildman–Crippen LogP) is 3.47. The van der Waals surface area contributed by atoms with E-state index in [0.29, 0.717) is 12.0 Å². The van der Waals surface area contributed by atoms with E-state index >= 15 is 0 Å². The number of benzene rings is 1. The molecule has 1 heterocycles. The van der Waals surface area contributed by atoms with Crippen LogP contribution in [0.25, 0.3) is 0 Å². The van der Waals surface area contributed by atoms with Crippen LogP contribution in [0, 0.1) is 5.92 Å². The Labute approximate surface area is 103 Å². The summed E-state index contributed by atoms with van der Waals surface area (Å²) in [6.07, 6.45) is 3.63. The van der Waals surface area contributed by atoms with Crippen molar-refractivity contribution in [3.8, 4) is 0 Å². The molecule has 1 aromatic carbocycles. The van der Waals surface area contributed by atoms with Crippen molar-refractivity contribution in [2.75, 3.05) is 0 Å². The van der Waals surface area contributed by atoms with E-state index in [-0.39, 0.29) is 0 Å². The molecule has 88 valence electrons. The quantitative estimate of drug-likeness (QED) is 0.865. The maximum Gasteiger partial charge on any atom is 0.0136 e. The Kier molecular flexibility index (Phi) is 3.93. The van der Waals surface area contributed by atoms with Crippen molar-refractivity contribution in [1.29, 1.82) is 0 Å². The lowest BCUT2D eigenvalue weighted by Gasteiger charge is -2.17. The molecule has 0 fully saturated rings. The minimum absolute atomic E-state index is 0.365. The number of fused-ring (bicyclic) bond motifs is 1. The molecule has 1 aromatic rings. The molecule has 1 aliphatic heterocycles. The average Bonchev–Trinajstić information content (AvgIpc) is 2.68. The number of nitrogens with two attached hydrogens (primary N) is 1. The highest BCUT2D eigenvalue weighted by atomic mass is 32.2. The third-order valence-corrected chi connectivity index (χ3v) is 4.78. The second-order valence-electron chi connectivity index (χ2n) is 5.04. The molecule has 0 spiro atoms. The van der Waals surface area contributed by atoms with E-state index < -0.39 is 0 Å². The van der Waals surface area contributed by atoms with Crippen LogP contribution < -0.4 is 5.73 Å². The first-order valence-corrected chi connectivity index (χ1v) is 7.05. The predicted molar refractivity (Wildman–Crippen MR) is 71.8 cm³/mol. The van der Waals surface area contributed by atoms with Gasteiger partial charge in [0, 0.05) is 16.2 Å². The number of hydrogen-bond acceptors (Lipinski definition) is 2. The van der Waals surface area contributed by atoms with Gasteiger partial charge in [0.1, 0.15) is 0 Å².